The van der Waals surface area contributed by atoms with Crippen LogP contribution in [0.25, 0.3) is 11.3 Å². The highest BCUT2D eigenvalue weighted by Gasteiger charge is 2.18. The molecule has 1 aromatic carbocycles. The van der Waals surface area contributed by atoms with Crippen LogP contribution in [-0.2, 0) is 0 Å². The van der Waals surface area contributed by atoms with E-state index in [1.54, 1.807) is 35.9 Å². The van der Waals surface area contributed by atoms with Gasteiger partial charge in [-0.15, -0.1) is 11.3 Å². The predicted octanol–water partition coefficient (Wildman–Crippen LogP) is 2.97. The monoisotopic (exact) mass is 384 g/mol. The summed E-state index contributed by atoms with van der Waals surface area (Å²) in [6.45, 7) is 5.69. The van der Waals surface area contributed by atoms with Gasteiger partial charge >= 0.3 is 0 Å². The molecule has 0 spiro atoms. The van der Waals surface area contributed by atoms with Gasteiger partial charge in [0, 0.05) is 62.6 Å². The maximum absolute atomic E-state index is 13.0. The number of benzene rings is 1. The lowest BCUT2D eigenvalue weighted by molar-refractivity contribution is 0.266. The largest absolute Gasteiger partial charge is 0.360 e. The van der Waals surface area contributed by atoms with Crippen molar-refractivity contribution in [2.45, 2.75) is 0 Å². The van der Waals surface area contributed by atoms with Crippen LogP contribution >= 0.6 is 11.3 Å². The zero-order chi connectivity index (χ0) is 18.5. The van der Waals surface area contributed by atoms with Crippen molar-refractivity contribution >= 4 is 22.4 Å². The fourth-order valence-corrected chi connectivity index (χ4v) is 3.80. The van der Waals surface area contributed by atoms with Gasteiger partial charge in [0.2, 0.25) is 5.95 Å². The van der Waals surface area contributed by atoms with E-state index >= 15 is 0 Å². The van der Waals surface area contributed by atoms with Gasteiger partial charge in [0.05, 0.1) is 5.69 Å². The second kappa shape index (κ2) is 8.41. The van der Waals surface area contributed by atoms with Crippen molar-refractivity contribution in [3.8, 4) is 11.3 Å². The van der Waals surface area contributed by atoms with Crippen LogP contribution in [0, 0.1) is 5.82 Å². The van der Waals surface area contributed by atoms with E-state index in [1.807, 2.05) is 11.4 Å². The molecule has 0 radical (unpaired) electrons. The van der Waals surface area contributed by atoms with Gasteiger partial charge < -0.3 is 10.2 Å². The summed E-state index contributed by atoms with van der Waals surface area (Å²) in [6.07, 6.45) is 3.57. The van der Waals surface area contributed by atoms with Crippen molar-refractivity contribution in [2.75, 3.05) is 49.5 Å². The van der Waals surface area contributed by atoms with Crippen LogP contribution in [0.3, 0.4) is 0 Å². The Balaban J connectivity index is 1.22. The fraction of sp³-hybridized carbons (Fsp3) is 0.316. The Morgan fingerprint density at radius 3 is 2.52 bits per heavy atom. The lowest BCUT2D eigenvalue weighted by Gasteiger charge is -2.34. The third-order valence-electron chi connectivity index (χ3n) is 4.56. The third kappa shape index (κ3) is 4.58. The lowest BCUT2D eigenvalue weighted by Crippen LogP contribution is -2.48. The minimum Gasteiger partial charge on any atom is -0.360 e. The number of anilines is 2. The van der Waals surface area contributed by atoms with E-state index in [-0.39, 0.29) is 5.82 Å². The SMILES string of the molecule is Fc1ccc(-c2csc(NCCN3CCN(c4ncccn4)CC3)n2)cc1. The van der Waals surface area contributed by atoms with Gasteiger partial charge in [0.1, 0.15) is 5.82 Å². The summed E-state index contributed by atoms with van der Waals surface area (Å²) in [6, 6.07) is 8.27. The molecule has 0 amide bonds. The average molecular weight is 384 g/mol. The van der Waals surface area contributed by atoms with Crippen LogP contribution in [0.15, 0.2) is 48.1 Å². The van der Waals surface area contributed by atoms with Crippen LogP contribution in [0.1, 0.15) is 0 Å². The summed E-state index contributed by atoms with van der Waals surface area (Å²) in [7, 11) is 0. The van der Waals surface area contributed by atoms with Crippen LogP contribution in [0.5, 0.6) is 0 Å². The summed E-state index contributed by atoms with van der Waals surface area (Å²) in [5, 5.41) is 6.28. The first-order valence-corrected chi connectivity index (χ1v) is 9.85. The minimum atomic E-state index is -0.230. The van der Waals surface area contributed by atoms with Crippen LogP contribution in [0.4, 0.5) is 15.5 Å². The molecule has 140 valence electrons. The van der Waals surface area contributed by atoms with Gasteiger partial charge in [-0.25, -0.2) is 19.3 Å². The highest BCUT2D eigenvalue weighted by Crippen LogP contribution is 2.24. The molecule has 0 unspecified atom stereocenters. The first-order valence-electron chi connectivity index (χ1n) is 8.97. The van der Waals surface area contributed by atoms with Gasteiger partial charge in [0.25, 0.3) is 0 Å². The maximum Gasteiger partial charge on any atom is 0.225 e. The van der Waals surface area contributed by atoms with Gasteiger partial charge in [-0.1, -0.05) is 0 Å². The number of thiazole rings is 1. The first kappa shape index (κ1) is 17.8. The predicted molar refractivity (Wildman–Crippen MR) is 107 cm³/mol. The van der Waals surface area contributed by atoms with Crippen molar-refractivity contribution in [3.05, 3.63) is 53.9 Å². The molecule has 2 aromatic heterocycles. The molecule has 3 aromatic rings. The van der Waals surface area contributed by atoms with E-state index in [0.29, 0.717) is 0 Å². The first-order chi connectivity index (χ1) is 13.3. The molecule has 1 N–H and O–H groups in total. The lowest BCUT2D eigenvalue weighted by atomic mass is 10.2. The molecule has 0 saturated carbocycles. The number of aromatic nitrogens is 3. The van der Waals surface area contributed by atoms with Crippen LogP contribution in [-0.4, -0.2) is 59.1 Å². The number of hydrogen-bond donors (Lipinski definition) is 1. The fourth-order valence-electron chi connectivity index (χ4n) is 3.06. The van der Waals surface area contributed by atoms with Crippen molar-refractivity contribution in [2.24, 2.45) is 0 Å². The minimum absolute atomic E-state index is 0.230. The second-order valence-electron chi connectivity index (χ2n) is 6.35. The molecule has 27 heavy (non-hydrogen) atoms. The zero-order valence-electron chi connectivity index (χ0n) is 14.9. The highest BCUT2D eigenvalue weighted by atomic mass is 32.1. The molecule has 6 nitrogen and oxygen atoms in total. The molecule has 0 atom stereocenters. The molecule has 8 heteroatoms. The molecule has 1 saturated heterocycles. The van der Waals surface area contributed by atoms with E-state index in [1.165, 1.54) is 12.1 Å². The van der Waals surface area contributed by atoms with E-state index in [2.05, 4.69) is 30.1 Å². The van der Waals surface area contributed by atoms with Crippen molar-refractivity contribution in [3.63, 3.8) is 0 Å². The van der Waals surface area contributed by atoms with E-state index in [0.717, 1.165) is 61.6 Å². The van der Waals surface area contributed by atoms with Gasteiger partial charge in [-0.3, -0.25) is 4.90 Å². The summed E-state index contributed by atoms with van der Waals surface area (Å²) in [5.41, 5.74) is 1.80. The van der Waals surface area contributed by atoms with E-state index in [9.17, 15) is 4.39 Å². The molecule has 4 rings (SSSR count). The molecular weight excluding hydrogens is 363 g/mol. The molecule has 1 aliphatic heterocycles. The molecule has 0 aliphatic carbocycles. The Morgan fingerprint density at radius 2 is 1.78 bits per heavy atom. The summed E-state index contributed by atoms with van der Waals surface area (Å²) >= 11 is 1.57. The van der Waals surface area contributed by atoms with E-state index < -0.39 is 0 Å². The smallest absolute Gasteiger partial charge is 0.225 e. The number of hydrogen-bond acceptors (Lipinski definition) is 7. The molecule has 3 heterocycles. The zero-order valence-corrected chi connectivity index (χ0v) is 15.7. The normalized spacial score (nSPS) is 15.1. The Bertz CT molecular complexity index is 846. The Kier molecular flexibility index (Phi) is 5.55. The molecular formula is C19H21FN6S. The topological polar surface area (TPSA) is 57.2 Å². The number of rotatable bonds is 6. The number of piperazine rings is 1. The highest BCUT2D eigenvalue weighted by molar-refractivity contribution is 7.14. The van der Waals surface area contributed by atoms with Gasteiger partial charge in [-0.05, 0) is 30.3 Å². The summed E-state index contributed by atoms with van der Waals surface area (Å²) in [5.74, 6) is 0.581. The quantitative estimate of drug-likeness (QED) is 0.705. The Morgan fingerprint density at radius 1 is 1.04 bits per heavy atom. The summed E-state index contributed by atoms with van der Waals surface area (Å²) < 4.78 is 13.0. The molecule has 1 fully saturated rings. The average Bonchev–Trinajstić information content (AvgIpc) is 3.19. The van der Waals surface area contributed by atoms with Crippen LogP contribution in [0.2, 0.25) is 0 Å². The Hall–Kier alpha value is -2.58. The number of nitrogens with one attached hydrogen (secondary N) is 1. The van der Waals surface area contributed by atoms with Gasteiger partial charge in [0.15, 0.2) is 5.13 Å². The standard InChI is InChI=1S/C19H21FN6S/c20-16-4-2-15(3-5-16)17-14-27-19(24-17)23-8-9-25-10-12-26(13-11-25)18-21-6-1-7-22-18/h1-7,14H,8-13H2,(H,23,24). The third-order valence-corrected chi connectivity index (χ3v) is 5.36. The van der Waals surface area contributed by atoms with Crippen LogP contribution < -0.4 is 10.2 Å². The van der Waals surface area contributed by atoms with E-state index in [4.69, 9.17) is 0 Å². The summed E-state index contributed by atoms with van der Waals surface area (Å²) in [4.78, 5) is 17.9. The van der Waals surface area contributed by atoms with Crippen molar-refractivity contribution in [1.29, 1.82) is 0 Å². The van der Waals surface area contributed by atoms with Gasteiger partial charge in [-0.2, -0.15) is 0 Å². The second-order valence-corrected chi connectivity index (χ2v) is 7.21. The number of halogens is 1. The maximum atomic E-state index is 13.0. The number of nitrogens with zero attached hydrogens (tertiary/aromatic N) is 5. The molecule has 0 bridgehead atoms. The Labute approximate surface area is 161 Å². The van der Waals surface area contributed by atoms with Crippen molar-refractivity contribution < 1.29 is 4.39 Å². The van der Waals surface area contributed by atoms with Crippen molar-refractivity contribution in [1.82, 2.24) is 19.9 Å². The molecule has 1 aliphatic rings.